The van der Waals surface area contributed by atoms with E-state index in [-0.39, 0.29) is 12.1 Å². The summed E-state index contributed by atoms with van der Waals surface area (Å²) in [7, 11) is 0. The molecule has 1 heterocycles. The van der Waals surface area contributed by atoms with Gasteiger partial charge in [0.2, 0.25) is 11.8 Å². The van der Waals surface area contributed by atoms with Gasteiger partial charge < -0.3 is 10.1 Å². The Bertz CT molecular complexity index is 743. The molecule has 1 N–H and O–H groups in total. The van der Waals surface area contributed by atoms with Gasteiger partial charge in [-0.1, -0.05) is 31.5 Å². The summed E-state index contributed by atoms with van der Waals surface area (Å²) in [5, 5.41) is 3.03. The zero-order valence-corrected chi connectivity index (χ0v) is 14.6. The van der Waals surface area contributed by atoms with Crippen LogP contribution in [0.15, 0.2) is 30.5 Å². The Morgan fingerprint density at radius 1 is 1.19 bits per heavy atom. The summed E-state index contributed by atoms with van der Waals surface area (Å²) < 4.78 is 45.4. The number of nitrogens with one attached hydrogen (secondary N) is 1. The number of aromatic nitrogens is 2. The molecular weight excluding hydrogens is 343 g/mol. The number of benzene rings is 1. The maximum Gasteiger partial charge on any atom is 0.423 e. The highest BCUT2D eigenvalue weighted by Gasteiger charge is 2.37. The van der Waals surface area contributed by atoms with Crippen LogP contribution in [0, 0.1) is 0 Å². The molecule has 1 aliphatic rings. The molecule has 0 unspecified atom stereocenters. The SMILES string of the molecule is CCCc1ccccc1Nc1ncc(C(F)(F)F)c(OC2CCCC2)n1. The van der Waals surface area contributed by atoms with Crippen molar-refractivity contribution in [1.29, 1.82) is 0 Å². The summed E-state index contributed by atoms with van der Waals surface area (Å²) in [4.78, 5) is 7.89. The Kier molecular flexibility index (Phi) is 5.64. The Morgan fingerprint density at radius 2 is 1.92 bits per heavy atom. The number of para-hydroxylation sites is 1. The third-order valence-electron chi connectivity index (χ3n) is 4.42. The Hall–Kier alpha value is -2.31. The highest BCUT2D eigenvalue weighted by molar-refractivity contribution is 5.59. The predicted molar refractivity (Wildman–Crippen MR) is 93.6 cm³/mol. The van der Waals surface area contributed by atoms with Crippen LogP contribution in [0.2, 0.25) is 0 Å². The Labute approximate surface area is 150 Å². The van der Waals surface area contributed by atoms with E-state index in [4.69, 9.17) is 4.74 Å². The fourth-order valence-electron chi connectivity index (χ4n) is 3.12. The predicted octanol–water partition coefficient (Wildman–Crippen LogP) is 5.51. The Morgan fingerprint density at radius 3 is 2.62 bits per heavy atom. The second kappa shape index (κ2) is 7.93. The maximum atomic E-state index is 13.3. The van der Waals surface area contributed by atoms with E-state index < -0.39 is 17.6 Å². The van der Waals surface area contributed by atoms with Crippen LogP contribution in [0.1, 0.15) is 50.2 Å². The van der Waals surface area contributed by atoms with Crippen LogP contribution in [0.3, 0.4) is 0 Å². The molecule has 0 saturated heterocycles. The standard InChI is InChI=1S/C19H22F3N3O/c1-2-7-13-8-3-6-11-16(13)24-18-23-12-15(19(20,21)22)17(25-18)26-14-9-4-5-10-14/h3,6,8,11-12,14H,2,4-5,7,9-10H2,1H3,(H,23,24,25). The van der Waals surface area contributed by atoms with Crippen molar-refractivity contribution in [2.24, 2.45) is 0 Å². The number of hydrogen-bond acceptors (Lipinski definition) is 4. The van der Waals surface area contributed by atoms with Crippen LogP contribution in [-0.4, -0.2) is 16.1 Å². The lowest BCUT2D eigenvalue weighted by molar-refractivity contribution is -0.139. The normalized spacial score (nSPS) is 15.2. The van der Waals surface area contributed by atoms with E-state index in [2.05, 4.69) is 22.2 Å². The van der Waals surface area contributed by atoms with E-state index in [1.54, 1.807) is 0 Å². The molecule has 0 aliphatic heterocycles. The highest BCUT2D eigenvalue weighted by atomic mass is 19.4. The van der Waals surface area contributed by atoms with Gasteiger partial charge in [0.15, 0.2) is 0 Å². The van der Waals surface area contributed by atoms with Gasteiger partial charge in [0, 0.05) is 11.9 Å². The molecule has 4 nitrogen and oxygen atoms in total. The Balaban J connectivity index is 1.88. The first-order valence-electron chi connectivity index (χ1n) is 8.93. The topological polar surface area (TPSA) is 47.0 Å². The second-order valence-corrected chi connectivity index (χ2v) is 6.47. The molecule has 0 spiro atoms. The molecule has 140 valence electrons. The molecule has 0 atom stereocenters. The zero-order valence-electron chi connectivity index (χ0n) is 14.6. The number of ether oxygens (including phenoxy) is 1. The minimum Gasteiger partial charge on any atom is -0.474 e. The van der Waals surface area contributed by atoms with E-state index in [1.807, 2.05) is 24.3 Å². The summed E-state index contributed by atoms with van der Waals surface area (Å²) in [6.07, 6.45) is 1.28. The number of halogens is 3. The van der Waals surface area contributed by atoms with E-state index >= 15 is 0 Å². The lowest BCUT2D eigenvalue weighted by atomic mass is 10.1. The molecule has 0 radical (unpaired) electrons. The fraction of sp³-hybridized carbons (Fsp3) is 0.474. The maximum absolute atomic E-state index is 13.3. The third-order valence-corrected chi connectivity index (χ3v) is 4.42. The number of alkyl halides is 3. The van der Waals surface area contributed by atoms with Crippen molar-refractivity contribution in [3.05, 3.63) is 41.6 Å². The zero-order chi connectivity index (χ0) is 18.6. The van der Waals surface area contributed by atoms with Gasteiger partial charge in [-0.15, -0.1) is 0 Å². The van der Waals surface area contributed by atoms with Crippen LogP contribution in [0.5, 0.6) is 5.88 Å². The molecule has 1 aromatic carbocycles. The van der Waals surface area contributed by atoms with E-state index in [0.717, 1.165) is 56.0 Å². The average Bonchev–Trinajstić information content (AvgIpc) is 3.09. The first-order valence-corrected chi connectivity index (χ1v) is 8.93. The minimum atomic E-state index is -4.55. The van der Waals surface area contributed by atoms with Gasteiger partial charge in [-0.05, 0) is 43.7 Å². The van der Waals surface area contributed by atoms with Crippen molar-refractivity contribution in [3.8, 4) is 5.88 Å². The summed E-state index contributed by atoms with van der Waals surface area (Å²) in [5.41, 5.74) is 0.925. The third kappa shape index (κ3) is 4.45. The van der Waals surface area contributed by atoms with Crippen molar-refractivity contribution in [2.75, 3.05) is 5.32 Å². The van der Waals surface area contributed by atoms with Crippen LogP contribution in [-0.2, 0) is 12.6 Å². The molecule has 1 saturated carbocycles. The summed E-state index contributed by atoms with van der Waals surface area (Å²) in [6.45, 7) is 2.07. The summed E-state index contributed by atoms with van der Waals surface area (Å²) in [5.74, 6) is -0.288. The minimum absolute atomic E-state index is 0.106. The van der Waals surface area contributed by atoms with Crippen LogP contribution >= 0.6 is 0 Å². The molecule has 0 amide bonds. The van der Waals surface area contributed by atoms with Crippen molar-refractivity contribution >= 4 is 11.6 Å². The smallest absolute Gasteiger partial charge is 0.423 e. The number of aryl methyl sites for hydroxylation is 1. The fourth-order valence-corrected chi connectivity index (χ4v) is 3.12. The molecule has 0 bridgehead atoms. The van der Waals surface area contributed by atoms with E-state index in [1.165, 1.54) is 0 Å². The number of rotatable bonds is 6. The molecular formula is C19H22F3N3O. The molecule has 3 rings (SSSR count). The van der Waals surface area contributed by atoms with Gasteiger partial charge in [0.05, 0.1) is 0 Å². The van der Waals surface area contributed by atoms with Gasteiger partial charge >= 0.3 is 6.18 Å². The summed E-state index contributed by atoms with van der Waals surface area (Å²) >= 11 is 0. The van der Waals surface area contributed by atoms with Crippen molar-refractivity contribution in [1.82, 2.24) is 9.97 Å². The lowest BCUT2D eigenvalue weighted by Gasteiger charge is -2.18. The lowest BCUT2D eigenvalue weighted by Crippen LogP contribution is -2.18. The van der Waals surface area contributed by atoms with Crippen LogP contribution in [0.25, 0.3) is 0 Å². The molecule has 7 heteroatoms. The monoisotopic (exact) mass is 365 g/mol. The molecule has 26 heavy (non-hydrogen) atoms. The van der Waals surface area contributed by atoms with Crippen molar-refractivity contribution in [2.45, 2.75) is 57.7 Å². The van der Waals surface area contributed by atoms with Gasteiger partial charge in [0.1, 0.15) is 11.7 Å². The van der Waals surface area contributed by atoms with E-state index in [0.29, 0.717) is 0 Å². The second-order valence-electron chi connectivity index (χ2n) is 6.47. The number of hydrogen-bond donors (Lipinski definition) is 1. The van der Waals surface area contributed by atoms with Crippen molar-refractivity contribution < 1.29 is 17.9 Å². The van der Waals surface area contributed by atoms with Gasteiger partial charge in [-0.3, -0.25) is 0 Å². The average molecular weight is 365 g/mol. The van der Waals surface area contributed by atoms with Crippen LogP contribution in [0.4, 0.5) is 24.8 Å². The van der Waals surface area contributed by atoms with Gasteiger partial charge in [-0.2, -0.15) is 18.2 Å². The van der Waals surface area contributed by atoms with Gasteiger partial charge in [0.25, 0.3) is 0 Å². The molecule has 1 fully saturated rings. The van der Waals surface area contributed by atoms with Gasteiger partial charge in [-0.25, -0.2) is 4.98 Å². The highest BCUT2D eigenvalue weighted by Crippen LogP contribution is 2.37. The number of nitrogens with zero attached hydrogens (tertiary/aromatic N) is 2. The van der Waals surface area contributed by atoms with Crippen LogP contribution < -0.4 is 10.1 Å². The first-order chi connectivity index (χ1) is 12.5. The van der Waals surface area contributed by atoms with E-state index in [9.17, 15) is 13.2 Å². The first kappa shape index (κ1) is 18.5. The largest absolute Gasteiger partial charge is 0.474 e. The molecule has 1 aliphatic carbocycles. The quantitative estimate of drug-likeness (QED) is 0.733. The number of anilines is 2. The molecule has 2 aromatic rings. The van der Waals surface area contributed by atoms with Crippen molar-refractivity contribution in [3.63, 3.8) is 0 Å². The summed E-state index contributed by atoms with van der Waals surface area (Å²) in [6, 6.07) is 7.63. The molecule has 1 aromatic heterocycles.